The Morgan fingerprint density at radius 3 is 2.62 bits per heavy atom. The third kappa shape index (κ3) is 9.05. The molecule has 0 saturated carbocycles. The fourth-order valence-corrected chi connectivity index (χ4v) is 2.73. The van der Waals surface area contributed by atoms with Crippen LogP contribution in [0, 0.1) is 0 Å². The summed E-state index contributed by atoms with van der Waals surface area (Å²) >= 11 is 0. The van der Waals surface area contributed by atoms with Gasteiger partial charge in [0, 0.05) is 52.6 Å². The molecular weight excluding hydrogens is 443 g/mol. The molecule has 1 fully saturated rings. The van der Waals surface area contributed by atoms with Crippen molar-refractivity contribution >= 4 is 35.6 Å². The number of guanidine groups is 1. The van der Waals surface area contributed by atoms with Gasteiger partial charge >= 0.3 is 0 Å². The molecular formula is C19H33IN4O2. The average Bonchev–Trinajstić information content (AvgIpc) is 3.17. The van der Waals surface area contributed by atoms with Crippen LogP contribution in [0.2, 0.25) is 0 Å². The van der Waals surface area contributed by atoms with Crippen LogP contribution < -0.4 is 15.5 Å². The Bertz CT molecular complexity index is 496. The molecule has 0 aliphatic carbocycles. The van der Waals surface area contributed by atoms with Gasteiger partial charge in [-0.1, -0.05) is 18.2 Å². The van der Waals surface area contributed by atoms with E-state index in [-0.39, 0.29) is 24.0 Å². The van der Waals surface area contributed by atoms with Crippen molar-refractivity contribution in [2.75, 3.05) is 58.5 Å². The summed E-state index contributed by atoms with van der Waals surface area (Å²) in [7, 11) is 3.93. The Kier molecular flexibility index (Phi) is 12.4. The molecule has 1 saturated heterocycles. The third-order valence-corrected chi connectivity index (χ3v) is 4.24. The van der Waals surface area contributed by atoms with Gasteiger partial charge in [0.1, 0.15) is 0 Å². The molecule has 26 heavy (non-hydrogen) atoms. The first kappa shape index (κ1) is 23.0. The van der Waals surface area contributed by atoms with Crippen molar-refractivity contribution < 1.29 is 9.47 Å². The van der Waals surface area contributed by atoms with E-state index < -0.39 is 0 Å². The number of para-hydroxylation sites is 1. The van der Waals surface area contributed by atoms with Gasteiger partial charge in [-0.15, -0.1) is 24.0 Å². The maximum atomic E-state index is 5.75. The summed E-state index contributed by atoms with van der Waals surface area (Å²) in [4.78, 5) is 6.52. The maximum absolute atomic E-state index is 5.75. The van der Waals surface area contributed by atoms with E-state index in [1.165, 1.54) is 5.69 Å². The molecule has 0 spiro atoms. The first-order chi connectivity index (χ1) is 12.3. The van der Waals surface area contributed by atoms with Gasteiger partial charge in [-0.2, -0.15) is 0 Å². The minimum absolute atomic E-state index is 0. The summed E-state index contributed by atoms with van der Waals surface area (Å²) in [5.74, 6) is 0.853. The molecule has 0 amide bonds. The molecule has 7 heteroatoms. The second-order valence-corrected chi connectivity index (χ2v) is 6.25. The minimum Gasteiger partial charge on any atom is -0.379 e. The number of anilines is 1. The quantitative estimate of drug-likeness (QED) is 0.235. The van der Waals surface area contributed by atoms with E-state index in [9.17, 15) is 0 Å². The summed E-state index contributed by atoms with van der Waals surface area (Å²) in [5, 5.41) is 6.69. The molecule has 1 aromatic carbocycles. The lowest BCUT2D eigenvalue weighted by Crippen LogP contribution is -2.39. The Balaban J connectivity index is 0.00000338. The van der Waals surface area contributed by atoms with Crippen molar-refractivity contribution in [2.45, 2.75) is 25.4 Å². The smallest absolute Gasteiger partial charge is 0.190 e. The maximum Gasteiger partial charge on any atom is 0.190 e. The number of rotatable bonds is 10. The van der Waals surface area contributed by atoms with Crippen molar-refractivity contribution in [3.05, 3.63) is 30.3 Å². The number of halogens is 1. The van der Waals surface area contributed by atoms with Crippen LogP contribution in [0.15, 0.2) is 35.3 Å². The summed E-state index contributed by atoms with van der Waals surface area (Å²) in [6.45, 7) is 5.10. The second-order valence-electron chi connectivity index (χ2n) is 6.25. The van der Waals surface area contributed by atoms with Gasteiger partial charge in [0.15, 0.2) is 5.96 Å². The van der Waals surface area contributed by atoms with Gasteiger partial charge in [-0.3, -0.25) is 4.99 Å². The van der Waals surface area contributed by atoms with Crippen molar-refractivity contribution in [1.29, 1.82) is 0 Å². The number of nitrogens with one attached hydrogen (secondary N) is 2. The molecule has 0 bridgehead atoms. The largest absolute Gasteiger partial charge is 0.379 e. The number of nitrogens with zero attached hydrogens (tertiary/aromatic N) is 2. The summed E-state index contributed by atoms with van der Waals surface area (Å²) < 4.78 is 11.1. The fourth-order valence-electron chi connectivity index (χ4n) is 2.73. The molecule has 148 valence electrons. The van der Waals surface area contributed by atoms with Gasteiger partial charge in [-0.05, 0) is 31.4 Å². The Labute approximate surface area is 174 Å². The highest BCUT2D eigenvalue weighted by atomic mass is 127. The molecule has 1 aliphatic heterocycles. The molecule has 2 rings (SSSR count). The van der Waals surface area contributed by atoms with Crippen LogP contribution in [-0.2, 0) is 9.47 Å². The predicted molar refractivity (Wildman–Crippen MR) is 119 cm³/mol. The molecule has 1 aliphatic rings. The standard InChI is InChI=1S/C19H32N4O2.HI/c1-20-19(22-12-7-14-25-18-10-15-24-16-18)21-11-6-13-23(2)17-8-4-3-5-9-17;/h3-5,8-9,18H,6-7,10-16H2,1-2H3,(H2,20,21,22);1H. The number of benzene rings is 1. The number of hydrogen-bond acceptors (Lipinski definition) is 4. The van der Waals surface area contributed by atoms with Crippen LogP contribution in [0.4, 0.5) is 5.69 Å². The van der Waals surface area contributed by atoms with Crippen molar-refractivity contribution in [3.63, 3.8) is 0 Å². The lowest BCUT2D eigenvalue weighted by atomic mass is 10.3. The third-order valence-electron chi connectivity index (χ3n) is 4.24. The predicted octanol–water partition coefficient (Wildman–Crippen LogP) is 2.49. The van der Waals surface area contributed by atoms with Crippen LogP contribution in [-0.4, -0.2) is 65.6 Å². The molecule has 1 atom stereocenters. The number of aliphatic imine (C=N–C) groups is 1. The lowest BCUT2D eigenvalue weighted by molar-refractivity contribution is 0.0420. The molecule has 0 radical (unpaired) electrons. The molecule has 2 N–H and O–H groups in total. The molecule has 1 heterocycles. The highest BCUT2D eigenvalue weighted by Crippen LogP contribution is 2.10. The van der Waals surface area contributed by atoms with Crippen LogP contribution in [0.1, 0.15) is 19.3 Å². The zero-order chi connectivity index (χ0) is 17.7. The fraction of sp³-hybridized carbons (Fsp3) is 0.632. The van der Waals surface area contributed by atoms with Gasteiger partial charge in [-0.25, -0.2) is 0 Å². The summed E-state index contributed by atoms with van der Waals surface area (Å²) in [6.07, 6.45) is 3.33. The number of hydrogen-bond donors (Lipinski definition) is 2. The molecule has 0 aromatic heterocycles. The zero-order valence-corrected chi connectivity index (χ0v) is 18.3. The molecule has 6 nitrogen and oxygen atoms in total. The minimum atomic E-state index is 0. The Morgan fingerprint density at radius 1 is 1.23 bits per heavy atom. The summed E-state index contributed by atoms with van der Waals surface area (Å²) in [6, 6.07) is 10.4. The van der Waals surface area contributed by atoms with E-state index in [1.807, 2.05) is 6.07 Å². The second kappa shape index (κ2) is 14.1. The normalized spacial score (nSPS) is 16.8. The van der Waals surface area contributed by atoms with Crippen molar-refractivity contribution in [2.24, 2.45) is 4.99 Å². The van der Waals surface area contributed by atoms with E-state index in [2.05, 4.69) is 51.8 Å². The average molecular weight is 476 g/mol. The SMILES string of the molecule is CN=C(NCCCOC1CCOC1)NCCCN(C)c1ccccc1.I. The topological polar surface area (TPSA) is 58.1 Å². The zero-order valence-electron chi connectivity index (χ0n) is 15.9. The lowest BCUT2D eigenvalue weighted by Gasteiger charge is -2.19. The first-order valence-corrected chi connectivity index (χ1v) is 9.19. The van der Waals surface area contributed by atoms with Crippen LogP contribution in [0.25, 0.3) is 0 Å². The monoisotopic (exact) mass is 476 g/mol. The van der Waals surface area contributed by atoms with E-state index in [0.717, 1.165) is 64.7 Å². The van der Waals surface area contributed by atoms with Crippen LogP contribution in [0.5, 0.6) is 0 Å². The van der Waals surface area contributed by atoms with Gasteiger partial charge in [0.05, 0.1) is 12.7 Å². The van der Waals surface area contributed by atoms with E-state index >= 15 is 0 Å². The van der Waals surface area contributed by atoms with Gasteiger partial charge in [0.25, 0.3) is 0 Å². The van der Waals surface area contributed by atoms with Crippen molar-refractivity contribution in [1.82, 2.24) is 10.6 Å². The van der Waals surface area contributed by atoms with E-state index in [4.69, 9.17) is 9.47 Å². The van der Waals surface area contributed by atoms with Crippen LogP contribution in [0.3, 0.4) is 0 Å². The molecule has 1 aromatic rings. The highest BCUT2D eigenvalue weighted by molar-refractivity contribution is 14.0. The first-order valence-electron chi connectivity index (χ1n) is 9.19. The molecule has 1 unspecified atom stereocenters. The van der Waals surface area contributed by atoms with E-state index in [1.54, 1.807) is 7.05 Å². The highest BCUT2D eigenvalue weighted by Gasteiger charge is 2.15. The van der Waals surface area contributed by atoms with E-state index in [0.29, 0.717) is 6.10 Å². The van der Waals surface area contributed by atoms with Gasteiger partial charge < -0.3 is 25.0 Å². The number of ether oxygens (including phenoxy) is 2. The van der Waals surface area contributed by atoms with Crippen LogP contribution >= 0.6 is 24.0 Å². The van der Waals surface area contributed by atoms with Crippen molar-refractivity contribution in [3.8, 4) is 0 Å². The van der Waals surface area contributed by atoms with Gasteiger partial charge in [0.2, 0.25) is 0 Å². The summed E-state index contributed by atoms with van der Waals surface area (Å²) in [5.41, 5.74) is 1.25. The Hall–Kier alpha value is -1.06. The Morgan fingerprint density at radius 2 is 1.96 bits per heavy atom.